The van der Waals surface area contributed by atoms with Crippen molar-refractivity contribution < 1.29 is 36.3 Å². The van der Waals surface area contributed by atoms with Gasteiger partial charge in [-0.05, 0) is 36.4 Å². The lowest BCUT2D eigenvalue weighted by molar-refractivity contribution is -0.138. The number of carbonyl (C=O) groups is 2. The zero-order chi connectivity index (χ0) is 22.8. The number of primary amides is 1. The van der Waals surface area contributed by atoms with Gasteiger partial charge in [0.2, 0.25) is 0 Å². The van der Waals surface area contributed by atoms with E-state index in [9.17, 15) is 31.5 Å². The largest absolute Gasteiger partial charge is 0.453 e. The minimum Gasteiger partial charge on any atom is -0.453 e. The molecule has 6 nitrogen and oxygen atoms in total. The van der Waals surface area contributed by atoms with Gasteiger partial charge in [0.15, 0.2) is 11.6 Å². The first-order chi connectivity index (χ1) is 14.6. The summed E-state index contributed by atoms with van der Waals surface area (Å²) >= 11 is 0. The summed E-state index contributed by atoms with van der Waals surface area (Å²) < 4.78 is 72.8. The van der Waals surface area contributed by atoms with Crippen LogP contribution in [0.1, 0.15) is 26.4 Å². The van der Waals surface area contributed by atoms with Gasteiger partial charge in [-0.25, -0.2) is 8.78 Å². The van der Waals surface area contributed by atoms with Gasteiger partial charge in [0.05, 0.1) is 11.1 Å². The maximum atomic E-state index is 13.9. The van der Waals surface area contributed by atoms with Gasteiger partial charge < -0.3 is 15.8 Å². The third-order valence-corrected chi connectivity index (χ3v) is 3.94. The van der Waals surface area contributed by atoms with E-state index in [1.54, 1.807) is 0 Å². The van der Waals surface area contributed by atoms with Crippen molar-refractivity contribution in [2.45, 2.75) is 6.18 Å². The molecule has 0 radical (unpaired) electrons. The minimum absolute atomic E-state index is 0.0651. The lowest BCUT2D eigenvalue weighted by Crippen LogP contribution is -2.20. The normalized spacial score (nSPS) is 11.1. The van der Waals surface area contributed by atoms with Gasteiger partial charge in [0.25, 0.3) is 11.8 Å². The van der Waals surface area contributed by atoms with E-state index >= 15 is 0 Å². The number of anilines is 1. The summed E-state index contributed by atoms with van der Waals surface area (Å²) in [5, 5.41) is 2.20. The number of nitrogens with one attached hydrogen (secondary N) is 1. The number of rotatable bonds is 5. The molecule has 0 spiro atoms. The Hall–Kier alpha value is -4.02. The summed E-state index contributed by atoms with van der Waals surface area (Å²) in [6.07, 6.45) is -3.83. The number of hydrogen-bond acceptors (Lipinski definition) is 4. The first-order valence-electron chi connectivity index (χ1n) is 8.46. The molecule has 0 unspecified atom stereocenters. The monoisotopic (exact) mass is 437 g/mol. The molecule has 2 amide bonds. The number of aromatic nitrogens is 1. The molecule has 1 aromatic heterocycles. The predicted molar refractivity (Wildman–Crippen MR) is 98.6 cm³/mol. The lowest BCUT2D eigenvalue weighted by Gasteiger charge is -2.17. The molecule has 0 saturated heterocycles. The van der Waals surface area contributed by atoms with E-state index in [2.05, 4.69) is 10.3 Å². The van der Waals surface area contributed by atoms with Crippen molar-refractivity contribution in [1.29, 1.82) is 0 Å². The van der Waals surface area contributed by atoms with Crippen molar-refractivity contribution >= 4 is 17.5 Å². The van der Waals surface area contributed by atoms with Crippen LogP contribution in [0.15, 0.2) is 54.7 Å². The van der Waals surface area contributed by atoms with Crippen molar-refractivity contribution in [2.24, 2.45) is 5.73 Å². The van der Waals surface area contributed by atoms with Crippen LogP contribution in [0.2, 0.25) is 0 Å². The summed E-state index contributed by atoms with van der Waals surface area (Å²) in [7, 11) is 0. The summed E-state index contributed by atoms with van der Waals surface area (Å²) in [4.78, 5) is 27.6. The first-order valence-corrected chi connectivity index (χ1v) is 8.46. The first kappa shape index (κ1) is 21.7. The average molecular weight is 437 g/mol. The van der Waals surface area contributed by atoms with Crippen LogP contribution in [0, 0.1) is 11.6 Å². The molecule has 2 aromatic carbocycles. The highest BCUT2D eigenvalue weighted by molar-refractivity contribution is 6.08. The molecule has 3 rings (SSSR count). The molecule has 11 heteroatoms. The third kappa shape index (κ3) is 4.94. The summed E-state index contributed by atoms with van der Waals surface area (Å²) in [6, 6.07) is 7.11. The van der Waals surface area contributed by atoms with Gasteiger partial charge >= 0.3 is 6.18 Å². The number of alkyl halides is 3. The van der Waals surface area contributed by atoms with Gasteiger partial charge in [-0.1, -0.05) is 6.07 Å². The van der Waals surface area contributed by atoms with E-state index in [4.69, 9.17) is 10.5 Å². The van der Waals surface area contributed by atoms with Crippen LogP contribution in [0.3, 0.4) is 0 Å². The molecule has 0 saturated carbocycles. The Balaban J connectivity index is 2.05. The standard InChI is InChI=1S/C20H12F5N3O3/c21-10-4-5-15(13(22)8-10)31-16-3-1-2-12(20(23,24)25)17(16)19(30)28-11-6-7-27-14(9-11)18(26)29/h1-9H,(H2,26,29)(H,27,28,30). The molecule has 0 aliphatic carbocycles. The molecule has 160 valence electrons. The molecular formula is C20H12F5N3O3. The Morgan fingerprint density at radius 1 is 1.00 bits per heavy atom. The molecule has 0 fully saturated rings. The summed E-state index contributed by atoms with van der Waals surface area (Å²) in [6.45, 7) is 0. The van der Waals surface area contributed by atoms with Gasteiger partial charge in [0, 0.05) is 18.0 Å². The Bertz CT molecular complexity index is 1170. The van der Waals surface area contributed by atoms with Crippen LogP contribution in [-0.2, 0) is 6.18 Å². The maximum Gasteiger partial charge on any atom is 0.417 e. The van der Waals surface area contributed by atoms with Crippen LogP contribution in [0.5, 0.6) is 11.5 Å². The van der Waals surface area contributed by atoms with Crippen molar-refractivity contribution in [2.75, 3.05) is 5.32 Å². The fourth-order valence-corrected chi connectivity index (χ4v) is 2.60. The molecule has 0 atom stereocenters. The van der Waals surface area contributed by atoms with Crippen LogP contribution in [0.25, 0.3) is 0 Å². The van der Waals surface area contributed by atoms with E-state index in [-0.39, 0.29) is 11.4 Å². The van der Waals surface area contributed by atoms with Crippen LogP contribution in [-0.4, -0.2) is 16.8 Å². The molecule has 0 aliphatic heterocycles. The highest BCUT2D eigenvalue weighted by atomic mass is 19.4. The molecule has 0 aliphatic rings. The van der Waals surface area contributed by atoms with E-state index in [0.29, 0.717) is 12.1 Å². The molecule has 31 heavy (non-hydrogen) atoms. The fourth-order valence-electron chi connectivity index (χ4n) is 2.60. The van der Waals surface area contributed by atoms with Gasteiger partial charge in [-0.3, -0.25) is 14.6 Å². The number of ether oxygens (including phenoxy) is 1. The third-order valence-electron chi connectivity index (χ3n) is 3.94. The van der Waals surface area contributed by atoms with Crippen molar-refractivity contribution in [3.05, 3.63) is 83.2 Å². The molecule has 1 heterocycles. The highest BCUT2D eigenvalue weighted by Crippen LogP contribution is 2.38. The van der Waals surface area contributed by atoms with Crippen LogP contribution in [0.4, 0.5) is 27.6 Å². The Morgan fingerprint density at radius 2 is 1.74 bits per heavy atom. The molecule has 0 bridgehead atoms. The van der Waals surface area contributed by atoms with Gasteiger partial charge in [-0.15, -0.1) is 0 Å². The number of carbonyl (C=O) groups excluding carboxylic acids is 2. The van der Waals surface area contributed by atoms with E-state index in [1.165, 1.54) is 6.07 Å². The smallest absolute Gasteiger partial charge is 0.417 e. The number of halogens is 5. The zero-order valence-electron chi connectivity index (χ0n) is 15.3. The Morgan fingerprint density at radius 3 is 2.39 bits per heavy atom. The van der Waals surface area contributed by atoms with E-state index in [1.807, 2.05) is 0 Å². The fraction of sp³-hybridized carbons (Fsp3) is 0.0500. The molecule has 3 aromatic rings. The second-order valence-corrected chi connectivity index (χ2v) is 6.10. The van der Waals surface area contributed by atoms with Crippen molar-refractivity contribution in [1.82, 2.24) is 4.98 Å². The second-order valence-electron chi connectivity index (χ2n) is 6.10. The maximum absolute atomic E-state index is 13.9. The van der Waals surface area contributed by atoms with E-state index < -0.39 is 52.3 Å². The molecular weight excluding hydrogens is 425 g/mol. The van der Waals surface area contributed by atoms with Crippen molar-refractivity contribution in [3.63, 3.8) is 0 Å². The number of amides is 2. The average Bonchev–Trinajstić information content (AvgIpc) is 2.69. The number of benzene rings is 2. The van der Waals surface area contributed by atoms with Crippen LogP contribution < -0.4 is 15.8 Å². The molecule has 3 N–H and O–H groups in total. The predicted octanol–water partition coefficient (Wildman–Crippen LogP) is 4.52. The number of nitrogens with zero attached hydrogens (tertiary/aromatic N) is 1. The SMILES string of the molecule is NC(=O)c1cc(NC(=O)c2c(Oc3ccc(F)cc3F)cccc2C(F)(F)F)ccn1. The van der Waals surface area contributed by atoms with Crippen LogP contribution >= 0.6 is 0 Å². The minimum atomic E-state index is -4.95. The quantitative estimate of drug-likeness (QED) is 0.574. The zero-order valence-corrected chi connectivity index (χ0v) is 15.3. The highest BCUT2D eigenvalue weighted by Gasteiger charge is 2.37. The summed E-state index contributed by atoms with van der Waals surface area (Å²) in [5.41, 5.74) is 2.50. The van der Waals surface area contributed by atoms with E-state index in [0.717, 1.165) is 36.5 Å². The Kier molecular flexibility index (Phi) is 5.86. The lowest BCUT2D eigenvalue weighted by atomic mass is 10.0. The topological polar surface area (TPSA) is 94.3 Å². The van der Waals surface area contributed by atoms with Gasteiger partial charge in [0.1, 0.15) is 17.3 Å². The van der Waals surface area contributed by atoms with Crippen molar-refractivity contribution in [3.8, 4) is 11.5 Å². The Labute approximate surface area is 171 Å². The van der Waals surface area contributed by atoms with Gasteiger partial charge in [-0.2, -0.15) is 13.2 Å². The number of hydrogen-bond donors (Lipinski definition) is 2. The second kappa shape index (κ2) is 8.38. The number of pyridine rings is 1. The summed E-state index contributed by atoms with van der Waals surface area (Å²) in [5.74, 6) is -5.48. The number of nitrogens with two attached hydrogens (primary N) is 1.